The first-order valence-corrected chi connectivity index (χ1v) is 5.57. The number of nitrogens with zero attached hydrogens (tertiary/aromatic N) is 4. The van der Waals surface area contributed by atoms with Crippen molar-refractivity contribution in [2.45, 2.75) is 6.92 Å². The Morgan fingerprint density at radius 2 is 2.00 bits per heavy atom. The van der Waals surface area contributed by atoms with Gasteiger partial charge in [0.15, 0.2) is 0 Å². The fourth-order valence-electron chi connectivity index (χ4n) is 2.14. The fourth-order valence-corrected chi connectivity index (χ4v) is 2.14. The second kappa shape index (κ2) is 3.45. The van der Waals surface area contributed by atoms with Gasteiger partial charge < -0.3 is 0 Å². The molecule has 3 aromatic rings. The van der Waals surface area contributed by atoms with Crippen molar-refractivity contribution in [3.05, 3.63) is 36.2 Å². The third-order valence-corrected chi connectivity index (χ3v) is 2.98. The second-order valence-electron chi connectivity index (χ2n) is 4.40. The van der Waals surface area contributed by atoms with E-state index < -0.39 is 0 Å². The first-order valence-electron chi connectivity index (χ1n) is 5.57. The zero-order chi connectivity index (χ0) is 12.0. The molecule has 0 atom stereocenters. The van der Waals surface area contributed by atoms with Crippen LogP contribution >= 0.6 is 0 Å². The Labute approximate surface area is 99.5 Å². The molecule has 0 bridgehead atoms. The maximum atomic E-state index is 4.58. The molecule has 0 aliphatic heterocycles. The van der Waals surface area contributed by atoms with E-state index >= 15 is 0 Å². The van der Waals surface area contributed by atoms with Crippen molar-refractivity contribution in [2.75, 3.05) is 0 Å². The Bertz CT molecular complexity index is 691. The Morgan fingerprint density at radius 1 is 1.18 bits per heavy atom. The summed E-state index contributed by atoms with van der Waals surface area (Å²) >= 11 is 0. The van der Waals surface area contributed by atoms with E-state index in [4.69, 9.17) is 0 Å². The van der Waals surface area contributed by atoms with Crippen LogP contribution in [0.5, 0.6) is 0 Å². The van der Waals surface area contributed by atoms with E-state index in [2.05, 4.69) is 35.3 Å². The van der Waals surface area contributed by atoms with E-state index in [0.717, 1.165) is 16.8 Å². The Balaban J connectivity index is 2.33. The van der Waals surface area contributed by atoms with E-state index in [1.807, 2.05) is 31.2 Å². The number of benzene rings is 1. The third kappa shape index (κ3) is 1.53. The molecule has 17 heavy (non-hydrogen) atoms. The summed E-state index contributed by atoms with van der Waals surface area (Å²) in [5.74, 6) is 0. The minimum absolute atomic E-state index is 0.999. The average molecular weight is 226 g/mol. The van der Waals surface area contributed by atoms with Gasteiger partial charge in [0.25, 0.3) is 0 Å². The Hall–Kier alpha value is -2.10. The standard InChI is InChI=1S/C13H14N4/c1-9-4-5-12-11(6-9)13(15-17(12)3)10-7-14-16(2)8-10/h4-8H,1-3H3. The smallest absolute Gasteiger partial charge is 0.103 e. The van der Waals surface area contributed by atoms with Gasteiger partial charge in [-0.05, 0) is 19.1 Å². The molecule has 0 aliphatic rings. The van der Waals surface area contributed by atoms with Crippen LogP contribution in [0.1, 0.15) is 5.56 Å². The number of hydrogen-bond donors (Lipinski definition) is 0. The lowest BCUT2D eigenvalue weighted by molar-refractivity contribution is 0.767. The molecule has 0 spiro atoms. The third-order valence-electron chi connectivity index (χ3n) is 2.98. The highest BCUT2D eigenvalue weighted by atomic mass is 15.3. The van der Waals surface area contributed by atoms with Gasteiger partial charge >= 0.3 is 0 Å². The van der Waals surface area contributed by atoms with Gasteiger partial charge in [-0.1, -0.05) is 11.6 Å². The van der Waals surface area contributed by atoms with Crippen LogP contribution in [0.15, 0.2) is 30.6 Å². The molecule has 0 radical (unpaired) electrons. The molecule has 0 aliphatic carbocycles. The summed E-state index contributed by atoms with van der Waals surface area (Å²) < 4.78 is 3.71. The number of aryl methyl sites for hydroxylation is 3. The molecule has 2 heterocycles. The molecule has 4 heteroatoms. The second-order valence-corrected chi connectivity index (χ2v) is 4.40. The van der Waals surface area contributed by atoms with Crippen LogP contribution in [0.25, 0.3) is 22.2 Å². The summed E-state index contributed by atoms with van der Waals surface area (Å²) in [7, 11) is 3.89. The van der Waals surface area contributed by atoms with Gasteiger partial charge in [-0.2, -0.15) is 10.2 Å². The van der Waals surface area contributed by atoms with Crippen LogP contribution < -0.4 is 0 Å². The van der Waals surface area contributed by atoms with Crippen molar-refractivity contribution in [1.29, 1.82) is 0 Å². The fraction of sp³-hybridized carbons (Fsp3) is 0.231. The molecule has 0 saturated heterocycles. The van der Waals surface area contributed by atoms with Crippen LogP contribution in [-0.2, 0) is 14.1 Å². The highest BCUT2D eigenvalue weighted by Gasteiger charge is 2.11. The molecular weight excluding hydrogens is 212 g/mol. The largest absolute Gasteiger partial charge is 0.275 e. The minimum Gasteiger partial charge on any atom is -0.275 e. The number of hydrogen-bond acceptors (Lipinski definition) is 2. The highest BCUT2D eigenvalue weighted by Crippen LogP contribution is 2.27. The lowest BCUT2D eigenvalue weighted by Crippen LogP contribution is -1.89. The first-order chi connectivity index (χ1) is 8.15. The summed E-state index contributed by atoms with van der Waals surface area (Å²) in [6, 6.07) is 6.39. The van der Waals surface area contributed by atoms with E-state index in [-0.39, 0.29) is 0 Å². The number of fused-ring (bicyclic) bond motifs is 1. The number of aromatic nitrogens is 4. The van der Waals surface area contributed by atoms with E-state index in [0.29, 0.717) is 0 Å². The van der Waals surface area contributed by atoms with Crippen molar-refractivity contribution in [3.8, 4) is 11.3 Å². The van der Waals surface area contributed by atoms with Crippen molar-refractivity contribution < 1.29 is 0 Å². The monoisotopic (exact) mass is 226 g/mol. The molecule has 0 saturated carbocycles. The first kappa shape index (κ1) is 10.1. The zero-order valence-corrected chi connectivity index (χ0v) is 10.2. The van der Waals surface area contributed by atoms with Crippen LogP contribution in [0, 0.1) is 6.92 Å². The molecule has 3 rings (SSSR count). The van der Waals surface area contributed by atoms with Crippen molar-refractivity contribution >= 4 is 10.9 Å². The molecule has 0 amide bonds. The highest BCUT2D eigenvalue weighted by molar-refractivity contribution is 5.93. The van der Waals surface area contributed by atoms with E-state index in [9.17, 15) is 0 Å². The predicted octanol–water partition coefficient (Wildman–Crippen LogP) is 2.28. The van der Waals surface area contributed by atoms with Gasteiger partial charge in [-0.3, -0.25) is 9.36 Å². The number of rotatable bonds is 1. The summed E-state index contributed by atoms with van der Waals surface area (Å²) in [5, 5.41) is 9.96. The lowest BCUT2D eigenvalue weighted by Gasteiger charge is -1.95. The Morgan fingerprint density at radius 3 is 2.71 bits per heavy atom. The van der Waals surface area contributed by atoms with Gasteiger partial charge in [0.1, 0.15) is 5.69 Å². The topological polar surface area (TPSA) is 35.6 Å². The van der Waals surface area contributed by atoms with Crippen LogP contribution in [0.2, 0.25) is 0 Å². The SMILES string of the molecule is Cc1ccc2c(c1)c(-c1cnn(C)c1)nn2C. The summed E-state index contributed by atoms with van der Waals surface area (Å²) in [6.45, 7) is 2.10. The van der Waals surface area contributed by atoms with Gasteiger partial charge in [0, 0.05) is 31.2 Å². The van der Waals surface area contributed by atoms with E-state index in [1.54, 1.807) is 4.68 Å². The average Bonchev–Trinajstić information content (AvgIpc) is 2.83. The summed E-state index contributed by atoms with van der Waals surface area (Å²) in [6.07, 6.45) is 3.84. The molecule has 86 valence electrons. The molecule has 2 aromatic heterocycles. The molecular formula is C13H14N4. The maximum absolute atomic E-state index is 4.58. The van der Waals surface area contributed by atoms with Gasteiger partial charge in [-0.25, -0.2) is 0 Å². The molecule has 0 N–H and O–H groups in total. The molecule has 0 fully saturated rings. The summed E-state index contributed by atoms with van der Waals surface area (Å²) in [5.41, 5.74) is 4.45. The summed E-state index contributed by atoms with van der Waals surface area (Å²) in [4.78, 5) is 0. The van der Waals surface area contributed by atoms with Gasteiger partial charge in [0.05, 0.1) is 11.7 Å². The normalized spacial score (nSPS) is 11.2. The van der Waals surface area contributed by atoms with Gasteiger partial charge in [0.2, 0.25) is 0 Å². The van der Waals surface area contributed by atoms with E-state index in [1.165, 1.54) is 10.9 Å². The van der Waals surface area contributed by atoms with Crippen LogP contribution in [0.3, 0.4) is 0 Å². The lowest BCUT2D eigenvalue weighted by atomic mass is 10.1. The zero-order valence-electron chi connectivity index (χ0n) is 10.2. The predicted molar refractivity (Wildman–Crippen MR) is 67.7 cm³/mol. The Kier molecular flexibility index (Phi) is 2.04. The maximum Gasteiger partial charge on any atom is 0.103 e. The molecule has 1 aromatic carbocycles. The molecule has 4 nitrogen and oxygen atoms in total. The van der Waals surface area contributed by atoms with Crippen LogP contribution in [-0.4, -0.2) is 19.6 Å². The molecule has 0 unspecified atom stereocenters. The van der Waals surface area contributed by atoms with Crippen molar-refractivity contribution in [2.24, 2.45) is 14.1 Å². The van der Waals surface area contributed by atoms with Crippen LogP contribution in [0.4, 0.5) is 0 Å². The van der Waals surface area contributed by atoms with Crippen molar-refractivity contribution in [3.63, 3.8) is 0 Å². The quantitative estimate of drug-likeness (QED) is 0.638. The van der Waals surface area contributed by atoms with Gasteiger partial charge in [-0.15, -0.1) is 0 Å². The van der Waals surface area contributed by atoms with Crippen molar-refractivity contribution in [1.82, 2.24) is 19.6 Å². The minimum atomic E-state index is 0.999.